The zero-order chi connectivity index (χ0) is 9.14. The van der Waals surface area contributed by atoms with Crippen LogP contribution in [0, 0.1) is 0 Å². The minimum atomic E-state index is -1.41. The van der Waals surface area contributed by atoms with Crippen LogP contribution in [0.2, 0.25) is 10.0 Å². The van der Waals surface area contributed by atoms with Crippen molar-refractivity contribution in [3.63, 3.8) is 0 Å². The third-order valence-corrected chi connectivity index (χ3v) is 2.16. The van der Waals surface area contributed by atoms with Gasteiger partial charge in [0.2, 0.25) is 0 Å². The Hall–Kier alpha value is -0.215. The SMILES string of the molecule is OB(O)Cc1c(Cl)cccc1Cl. The fraction of sp³-hybridized carbons (Fsp3) is 0.143. The normalized spacial score (nSPS) is 10.0. The van der Waals surface area contributed by atoms with Crippen LogP contribution in [0.5, 0.6) is 0 Å². The average molecular weight is 205 g/mol. The van der Waals surface area contributed by atoms with Gasteiger partial charge in [0.25, 0.3) is 0 Å². The lowest BCUT2D eigenvalue weighted by atomic mass is 9.82. The summed E-state index contributed by atoms with van der Waals surface area (Å²) in [6.07, 6.45) is 0.0541. The second-order valence-electron chi connectivity index (χ2n) is 2.38. The quantitative estimate of drug-likeness (QED) is 0.718. The summed E-state index contributed by atoms with van der Waals surface area (Å²) in [5, 5.41) is 18.3. The van der Waals surface area contributed by atoms with E-state index in [9.17, 15) is 0 Å². The number of rotatable bonds is 2. The summed E-state index contributed by atoms with van der Waals surface area (Å²) in [5.74, 6) is 0. The third-order valence-electron chi connectivity index (χ3n) is 1.45. The first-order valence-electron chi connectivity index (χ1n) is 3.40. The molecule has 0 spiro atoms. The van der Waals surface area contributed by atoms with Gasteiger partial charge >= 0.3 is 7.12 Å². The van der Waals surface area contributed by atoms with Gasteiger partial charge in [0.15, 0.2) is 0 Å². The van der Waals surface area contributed by atoms with E-state index < -0.39 is 7.12 Å². The molecule has 12 heavy (non-hydrogen) atoms. The first-order valence-corrected chi connectivity index (χ1v) is 4.16. The zero-order valence-corrected chi connectivity index (χ0v) is 7.68. The Labute approximate surface area is 80.9 Å². The van der Waals surface area contributed by atoms with Crippen LogP contribution in [-0.4, -0.2) is 17.2 Å². The van der Waals surface area contributed by atoms with Crippen LogP contribution >= 0.6 is 23.2 Å². The highest BCUT2D eigenvalue weighted by molar-refractivity contribution is 6.43. The van der Waals surface area contributed by atoms with Crippen LogP contribution in [0.1, 0.15) is 5.56 Å². The molecule has 1 aromatic rings. The molecular weight excluding hydrogens is 198 g/mol. The number of hydrogen-bond acceptors (Lipinski definition) is 2. The molecule has 0 radical (unpaired) electrons. The zero-order valence-electron chi connectivity index (χ0n) is 6.17. The molecule has 0 heterocycles. The van der Waals surface area contributed by atoms with E-state index in [1.807, 2.05) is 0 Å². The van der Waals surface area contributed by atoms with Crippen molar-refractivity contribution in [2.45, 2.75) is 6.32 Å². The van der Waals surface area contributed by atoms with Crippen molar-refractivity contribution in [3.05, 3.63) is 33.8 Å². The number of benzene rings is 1. The van der Waals surface area contributed by atoms with Gasteiger partial charge in [-0.15, -0.1) is 0 Å². The molecule has 0 saturated carbocycles. The molecule has 1 aromatic carbocycles. The molecule has 1 rings (SSSR count). The van der Waals surface area contributed by atoms with Gasteiger partial charge < -0.3 is 10.0 Å². The molecule has 0 aromatic heterocycles. The number of hydrogen-bond donors (Lipinski definition) is 2. The fourth-order valence-corrected chi connectivity index (χ4v) is 1.46. The molecule has 2 N–H and O–H groups in total. The van der Waals surface area contributed by atoms with Crippen LogP contribution in [0.25, 0.3) is 0 Å². The summed E-state index contributed by atoms with van der Waals surface area (Å²) in [5.41, 5.74) is 0.566. The largest absolute Gasteiger partial charge is 0.456 e. The Bertz CT molecular complexity index is 258. The Morgan fingerprint density at radius 2 is 1.67 bits per heavy atom. The Balaban J connectivity index is 2.96. The summed E-state index contributed by atoms with van der Waals surface area (Å²) in [6, 6.07) is 5.02. The van der Waals surface area contributed by atoms with Gasteiger partial charge in [-0.1, -0.05) is 29.3 Å². The lowest BCUT2D eigenvalue weighted by molar-refractivity contribution is 0.405. The molecule has 0 aliphatic carbocycles. The molecule has 5 heteroatoms. The van der Waals surface area contributed by atoms with Gasteiger partial charge in [-0.05, 0) is 17.7 Å². The maximum Gasteiger partial charge on any atom is 0.456 e. The topological polar surface area (TPSA) is 40.5 Å². The molecule has 2 nitrogen and oxygen atoms in total. The minimum Gasteiger partial charge on any atom is -0.427 e. The molecule has 0 aliphatic heterocycles. The van der Waals surface area contributed by atoms with Crippen molar-refractivity contribution >= 4 is 30.3 Å². The fourth-order valence-electron chi connectivity index (χ4n) is 0.910. The molecule has 0 atom stereocenters. The van der Waals surface area contributed by atoms with Gasteiger partial charge in [0.05, 0.1) is 0 Å². The molecule has 0 aliphatic rings. The average Bonchev–Trinajstić information content (AvgIpc) is 1.97. The lowest BCUT2D eigenvalue weighted by Crippen LogP contribution is -2.15. The van der Waals surface area contributed by atoms with E-state index in [2.05, 4.69) is 0 Å². The summed E-state index contributed by atoms with van der Waals surface area (Å²) in [6.45, 7) is 0. The van der Waals surface area contributed by atoms with E-state index in [0.29, 0.717) is 15.6 Å². The van der Waals surface area contributed by atoms with Gasteiger partial charge in [-0.2, -0.15) is 0 Å². The second kappa shape index (κ2) is 4.14. The highest BCUT2D eigenvalue weighted by atomic mass is 35.5. The van der Waals surface area contributed by atoms with Gasteiger partial charge in [0, 0.05) is 16.4 Å². The van der Waals surface area contributed by atoms with Crippen molar-refractivity contribution in [2.75, 3.05) is 0 Å². The number of halogens is 2. The van der Waals surface area contributed by atoms with Crippen molar-refractivity contribution in [2.24, 2.45) is 0 Å². The first-order chi connectivity index (χ1) is 5.61. The van der Waals surface area contributed by atoms with E-state index in [0.717, 1.165) is 0 Å². The van der Waals surface area contributed by atoms with Gasteiger partial charge in [-0.25, -0.2) is 0 Å². The van der Waals surface area contributed by atoms with Crippen LogP contribution < -0.4 is 0 Å². The van der Waals surface area contributed by atoms with Crippen molar-refractivity contribution < 1.29 is 10.0 Å². The van der Waals surface area contributed by atoms with Gasteiger partial charge in [0.1, 0.15) is 0 Å². The molecular formula is C7H7BCl2O2. The molecule has 0 saturated heterocycles. The molecule has 0 fully saturated rings. The smallest absolute Gasteiger partial charge is 0.427 e. The Kier molecular flexibility index (Phi) is 3.41. The van der Waals surface area contributed by atoms with E-state index in [1.54, 1.807) is 18.2 Å². The molecule has 0 amide bonds. The second-order valence-corrected chi connectivity index (χ2v) is 3.20. The van der Waals surface area contributed by atoms with Crippen molar-refractivity contribution in [3.8, 4) is 0 Å². The third kappa shape index (κ3) is 2.39. The Morgan fingerprint density at radius 3 is 2.08 bits per heavy atom. The van der Waals surface area contributed by atoms with E-state index in [4.69, 9.17) is 33.2 Å². The molecule has 0 bridgehead atoms. The van der Waals surface area contributed by atoms with E-state index in [-0.39, 0.29) is 6.32 Å². The summed E-state index contributed by atoms with van der Waals surface area (Å²) < 4.78 is 0. The standard InChI is InChI=1S/C7H7BCl2O2/c9-6-2-1-3-7(10)5(6)4-8(11)12/h1-3,11-12H,4H2. The van der Waals surface area contributed by atoms with Crippen molar-refractivity contribution in [1.82, 2.24) is 0 Å². The van der Waals surface area contributed by atoms with Crippen LogP contribution in [0.15, 0.2) is 18.2 Å². The van der Waals surface area contributed by atoms with Crippen LogP contribution in [0.4, 0.5) is 0 Å². The predicted octanol–water partition coefficient (Wildman–Crippen LogP) is 1.55. The molecule has 0 unspecified atom stereocenters. The minimum absolute atomic E-state index is 0.0541. The summed E-state index contributed by atoms with van der Waals surface area (Å²) in [7, 11) is -1.41. The lowest BCUT2D eigenvalue weighted by Gasteiger charge is -2.04. The maximum atomic E-state index is 8.69. The van der Waals surface area contributed by atoms with Crippen LogP contribution in [-0.2, 0) is 6.32 Å². The van der Waals surface area contributed by atoms with E-state index in [1.165, 1.54) is 0 Å². The summed E-state index contributed by atoms with van der Waals surface area (Å²) >= 11 is 11.5. The van der Waals surface area contributed by atoms with Gasteiger partial charge in [-0.3, -0.25) is 0 Å². The highest BCUT2D eigenvalue weighted by Gasteiger charge is 2.13. The monoisotopic (exact) mass is 204 g/mol. The maximum absolute atomic E-state index is 8.69. The first kappa shape index (κ1) is 9.87. The van der Waals surface area contributed by atoms with Crippen LogP contribution in [0.3, 0.4) is 0 Å². The predicted molar refractivity (Wildman–Crippen MR) is 50.4 cm³/mol. The highest BCUT2D eigenvalue weighted by Crippen LogP contribution is 2.24. The Morgan fingerprint density at radius 1 is 1.17 bits per heavy atom. The van der Waals surface area contributed by atoms with E-state index >= 15 is 0 Å². The summed E-state index contributed by atoms with van der Waals surface area (Å²) in [4.78, 5) is 0. The molecule has 64 valence electrons. The van der Waals surface area contributed by atoms with Crippen molar-refractivity contribution in [1.29, 1.82) is 0 Å².